The number of aryl methyl sites for hydroxylation is 2. The Balaban J connectivity index is 1.39. The molecule has 0 radical (unpaired) electrons. The van der Waals surface area contributed by atoms with Gasteiger partial charge in [0.2, 0.25) is 10.0 Å². The third kappa shape index (κ3) is 4.61. The van der Waals surface area contributed by atoms with Gasteiger partial charge in [-0.1, -0.05) is 24.3 Å². The van der Waals surface area contributed by atoms with Crippen molar-refractivity contribution in [1.29, 1.82) is 0 Å². The number of carbonyl (C=O) groups is 1. The molecule has 3 aromatic heterocycles. The van der Waals surface area contributed by atoms with Gasteiger partial charge in [0.05, 0.1) is 23.3 Å². The molecule has 2 N–H and O–H groups in total. The van der Waals surface area contributed by atoms with E-state index < -0.39 is 15.9 Å². The van der Waals surface area contributed by atoms with Crippen LogP contribution in [-0.2, 0) is 16.6 Å². The van der Waals surface area contributed by atoms with Crippen LogP contribution in [0.2, 0.25) is 0 Å². The zero-order valence-electron chi connectivity index (χ0n) is 17.4. The lowest BCUT2D eigenvalue weighted by Crippen LogP contribution is -2.22. The van der Waals surface area contributed by atoms with Gasteiger partial charge in [-0.15, -0.1) is 0 Å². The Morgan fingerprint density at radius 2 is 1.91 bits per heavy atom. The third-order valence-electron chi connectivity index (χ3n) is 4.69. The van der Waals surface area contributed by atoms with Gasteiger partial charge in [0.1, 0.15) is 22.9 Å². The molecule has 32 heavy (non-hydrogen) atoms. The topological polar surface area (TPSA) is 118 Å². The number of fused-ring (bicyclic) bond motifs is 1. The minimum atomic E-state index is -3.64. The number of aromatic nitrogens is 2. The molecule has 0 bridgehead atoms. The van der Waals surface area contributed by atoms with E-state index in [0.29, 0.717) is 28.6 Å². The Kier molecular flexibility index (Phi) is 5.89. The summed E-state index contributed by atoms with van der Waals surface area (Å²) in [6.07, 6.45) is 3.18. The molecule has 0 spiro atoms. The number of nitrogens with zero attached hydrogens (tertiary/aromatic N) is 3. The van der Waals surface area contributed by atoms with Gasteiger partial charge in [0.25, 0.3) is 5.91 Å². The van der Waals surface area contributed by atoms with Crippen LogP contribution in [0.5, 0.6) is 0 Å². The highest BCUT2D eigenvalue weighted by atomic mass is 32.2. The summed E-state index contributed by atoms with van der Waals surface area (Å²) in [5.41, 5.74) is 5.14. The number of carbonyl (C=O) groups excluding carboxylic acids is 1. The van der Waals surface area contributed by atoms with Crippen LogP contribution in [0.15, 0.2) is 75.2 Å². The maximum atomic E-state index is 12.6. The summed E-state index contributed by atoms with van der Waals surface area (Å²) < 4.78 is 34.3. The van der Waals surface area contributed by atoms with Crippen molar-refractivity contribution in [3.8, 4) is 0 Å². The summed E-state index contributed by atoms with van der Waals surface area (Å²) in [6.45, 7) is 3.68. The number of amides is 1. The lowest BCUT2D eigenvalue weighted by atomic mass is 10.3. The minimum Gasteiger partial charge on any atom is -0.459 e. The van der Waals surface area contributed by atoms with Crippen LogP contribution in [-0.4, -0.2) is 29.9 Å². The van der Waals surface area contributed by atoms with E-state index in [-0.39, 0.29) is 11.4 Å². The van der Waals surface area contributed by atoms with E-state index in [1.54, 1.807) is 41.7 Å². The summed E-state index contributed by atoms with van der Waals surface area (Å²) in [5, 5.41) is 3.94. The highest BCUT2D eigenvalue weighted by Crippen LogP contribution is 2.14. The number of imidazole rings is 1. The van der Waals surface area contributed by atoms with Gasteiger partial charge in [-0.25, -0.2) is 23.5 Å². The first-order valence-electron chi connectivity index (χ1n) is 9.75. The van der Waals surface area contributed by atoms with Crippen LogP contribution >= 0.6 is 0 Å². The molecule has 4 aromatic rings. The van der Waals surface area contributed by atoms with E-state index in [1.807, 2.05) is 25.3 Å². The zero-order valence-corrected chi connectivity index (χ0v) is 18.3. The van der Waals surface area contributed by atoms with E-state index in [4.69, 9.17) is 4.42 Å². The summed E-state index contributed by atoms with van der Waals surface area (Å²) in [6, 6.07) is 15.1. The van der Waals surface area contributed by atoms with Crippen LogP contribution in [0.1, 0.15) is 33.3 Å². The van der Waals surface area contributed by atoms with E-state index in [9.17, 15) is 13.2 Å². The summed E-state index contributed by atoms with van der Waals surface area (Å²) in [7, 11) is -3.64. The first-order chi connectivity index (χ1) is 15.3. The number of benzene rings is 1. The minimum absolute atomic E-state index is 0.0161. The SMILES string of the molecule is Cc1ccc2nc(C)c(C(=O)N/N=C/c3ccc(CNS(=O)(=O)c4ccccc4)o3)n2c1. The summed E-state index contributed by atoms with van der Waals surface area (Å²) in [4.78, 5) is 17.2. The Hall–Kier alpha value is -3.76. The molecular formula is C22H21N5O4S. The van der Waals surface area contributed by atoms with Crippen molar-refractivity contribution >= 4 is 27.8 Å². The standard InChI is InChI=1S/C22H21N5O4S/c1-15-8-11-20-25-16(2)21(27(20)14-15)22(28)26-23-12-17-9-10-18(31-17)13-24-32(29,30)19-6-4-3-5-7-19/h3-12,14,24H,13H2,1-2H3,(H,26,28)/b23-12+. The number of sulfonamides is 1. The van der Waals surface area contributed by atoms with Crippen molar-refractivity contribution in [3.05, 3.63) is 89.3 Å². The quantitative estimate of drug-likeness (QED) is 0.331. The Labute approximate surface area is 184 Å². The molecule has 0 unspecified atom stereocenters. The highest BCUT2D eigenvalue weighted by molar-refractivity contribution is 7.89. The first-order valence-corrected chi connectivity index (χ1v) is 11.2. The van der Waals surface area contributed by atoms with Crippen LogP contribution in [0.4, 0.5) is 0 Å². The van der Waals surface area contributed by atoms with Crippen molar-refractivity contribution in [2.45, 2.75) is 25.3 Å². The molecule has 10 heteroatoms. The number of hydrogen-bond donors (Lipinski definition) is 2. The fourth-order valence-electron chi connectivity index (χ4n) is 3.16. The summed E-state index contributed by atoms with van der Waals surface area (Å²) in [5.74, 6) is 0.370. The van der Waals surface area contributed by atoms with Gasteiger partial charge >= 0.3 is 0 Å². The van der Waals surface area contributed by atoms with E-state index in [2.05, 4.69) is 20.2 Å². The molecule has 0 atom stereocenters. The Bertz CT molecular complexity index is 1400. The number of hydrazone groups is 1. The number of nitrogens with one attached hydrogen (secondary N) is 2. The number of rotatable bonds is 7. The fourth-order valence-corrected chi connectivity index (χ4v) is 4.17. The first kappa shape index (κ1) is 21.5. The number of furan rings is 1. The third-order valence-corrected chi connectivity index (χ3v) is 6.10. The lowest BCUT2D eigenvalue weighted by molar-refractivity contribution is 0.0948. The second kappa shape index (κ2) is 8.77. The lowest BCUT2D eigenvalue weighted by Gasteiger charge is -2.04. The molecule has 0 aliphatic carbocycles. The molecule has 0 saturated carbocycles. The van der Waals surface area contributed by atoms with Crippen molar-refractivity contribution in [1.82, 2.24) is 19.5 Å². The normalized spacial score (nSPS) is 11.9. The van der Waals surface area contributed by atoms with Crippen molar-refractivity contribution in [2.75, 3.05) is 0 Å². The number of hydrogen-bond acceptors (Lipinski definition) is 6. The van der Waals surface area contributed by atoms with Crippen LogP contribution in [0.3, 0.4) is 0 Å². The molecule has 164 valence electrons. The molecule has 1 aromatic carbocycles. The van der Waals surface area contributed by atoms with Gasteiger partial charge < -0.3 is 4.42 Å². The van der Waals surface area contributed by atoms with Gasteiger partial charge in [0.15, 0.2) is 0 Å². The van der Waals surface area contributed by atoms with Gasteiger partial charge in [-0.05, 0) is 49.7 Å². The smallest absolute Gasteiger partial charge is 0.290 e. The zero-order chi connectivity index (χ0) is 22.7. The second-order valence-corrected chi connectivity index (χ2v) is 8.89. The summed E-state index contributed by atoms with van der Waals surface area (Å²) >= 11 is 0. The average molecular weight is 452 g/mol. The van der Waals surface area contributed by atoms with Gasteiger partial charge in [0, 0.05) is 6.20 Å². The van der Waals surface area contributed by atoms with Crippen LogP contribution in [0.25, 0.3) is 5.65 Å². The van der Waals surface area contributed by atoms with Crippen molar-refractivity contribution in [3.63, 3.8) is 0 Å². The van der Waals surface area contributed by atoms with E-state index in [1.165, 1.54) is 18.3 Å². The fraction of sp³-hybridized carbons (Fsp3) is 0.136. The van der Waals surface area contributed by atoms with E-state index >= 15 is 0 Å². The average Bonchev–Trinajstić information content (AvgIpc) is 3.36. The molecule has 0 aliphatic rings. The molecule has 9 nitrogen and oxygen atoms in total. The highest BCUT2D eigenvalue weighted by Gasteiger charge is 2.16. The molecular weight excluding hydrogens is 430 g/mol. The van der Waals surface area contributed by atoms with Crippen LogP contribution < -0.4 is 10.1 Å². The van der Waals surface area contributed by atoms with Crippen molar-refractivity contribution in [2.24, 2.45) is 5.10 Å². The predicted molar refractivity (Wildman–Crippen MR) is 119 cm³/mol. The molecule has 0 fully saturated rings. The Morgan fingerprint density at radius 3 is 2.69 bits per heavy atom. The monoisotopic (exact) mass is 451 g/mol. The molecule has 0 aliphatic heterocycles. The Morgan fingerprint density at radius 1 is 1.12 bits per heavy atom. The van der Waals surface area contributed by atoms with Crippen LogP contribution in [0, 0.1) is 13.8 Å². The molecule has 0 saturated heterocycles. The maximum Gasteiger partial charge on any atom is 0.290 e. The van der Waals surface area contributed by atoms with E-state index in [0.717, 1.165) is 5.56 Å². The molecule has 4 rings (SSSR count). The largest absolute Gasteiger partial charge is 0.459 e. The van der Waals surface area contributed by atoms with Gasteiger partial charge in [-0.2, -0.15) is 5.10 Å². The predicted octanol–water partition coefficient (Wildman–Crippen LogP) is 2.79. The molecule has 3 heterocycles. The second-order valence-electron chi connectivity index (χ2n) is 7.12. The van der Waals surface area contributed by atoms with Crippen molar-refractivity contribution < 1.29 is 17.6 Å². The number of pyridine rings is 1. The maximum absolute atomic E-state index is 12.6. The van der Waals surface area contributed by atoms with Gasteiger partial charge in [-0.3, -0.25) is 9.20 Å². The molecule has 1 amide bonds.